The van der Waals surface area contributed by atoms with Gasteiger partial charge in [0.05, 0.1) is 0 Å². The van der Waals surface area contributed by atoms with Gasteiger partial charge in [-0.05, 0) is 6.92 Å². The Kier molecular flexibility index (Phi) is 4.90. The van der Waals surface area contributed by atoms with E-state index < -0.39 is 6.08 Å². The molecule has 0 aromatic heterocycles. The highest BCUT2D eigenvalue weighted by Crippen LogP contribution is 2.11. The summed E-state index contributed by atoms with van der Waals surface area (Å²) < 4.78 is 24.5. The highest BCUT2D eigenvalue weighted by atomic mass is 32.2. The molecule has 0 rings (SSSR count). The van der Waals surface area contributed by atoms with Crippen molar-refractivity contribution in [2.75, 3.05) is 5.75 Å². The topological polar surface area (TPSA) is 0 Å². The van der Waals surface area contributed by atoms with Crippen molar-refractivity contribution in [2.45, 2.75) is 6.92 Å². The van der Waals surface area contributed by atoms with E-state index in [1.807, 2.05) is 0 Å². The number of hydrogen-bond donors (Lipinski definition) is 0. The lowest BCUT2D eigenvalue weighted by molar-refractivity contribution is 0.412. The Balaban J connectivity index is 3.62. The van der Waals surface area contributed by atoms with Gasteiger partial charge in [-0.3, -0.25) is 0 Å². The van der Waals surface area contributed by atoms with E-state index in [0.29, 0.717) is 5.75 Å². The molecule has 0 spiro atoms. The lowest BCUT2D eigenvalue weighted by atomic mass is 10.4. The summed E-state index contributed by atoms with van der Waals surface area (Å²) >= 11 is 5.62. The van der Waals surface area contributed by atoms with Gasteiger partial charge in [0, 0.05) is 16.0 Å². The first kappa shape index (κ1) is 9.04. The Morgan fingerprint density at radius 1 is 1.67 bits per heavy atom. The third kappa shape index (κ3) is 4.54. The minimum absolute atomic E-state index is 0.0982. The normalized spacial score (nSPS) is 8.78. The SMILES string of the molecule is CC(CSC=S)=C(F)F. The molecule has 0 nitrogen and oxygen atoms in total. The fourth-order valence-electron chi connectivity index (χ4n) is 0.214. The van der Waals surface area contributed by atoms with Gasteiger partial charge in [-0.1, -0.05) is 12.2 Å². The number of rotatable bonds is 3. The summed E-state index contributed by atoms with van der Waals surface area (Å²) in [7, 11) is 0. The van der Waals surface area contributed by atoms with E-state index in [9.17, 15) is 8.78 Å². The highest BCUT2D eigenvalue weighted by Gasteiger charge is 1.96. The van der Waals surface area contributed by atoms with Gasteiger partial charge in [-0.2, -0.15) is 8.78 Å². The van der Waals surface area contributed by atoms with Crippen molar-refractivity contribution < 1.29 is 8.78 Å². The molecule has 0 aromatic rings. The van der Waals surface area contributed by atoms with E-state index in [4.69, 9.17) is 0 Å². The van der Waals surface area contributed by atoms with Crippen LogP contribution < -0.4 is 0 Å². The largest absolute Gasteiger partial charge is 0.270 e. The van der Waals surface area contributed by atoms with Crippen molar-refractivity contribution in [2.24, 2.45) is 0 Å². The molecule has 0 heterocycles. The van der Waals surface area contributed by atoms with E-state index in [1.54, 1.807) is 0 Å². The summed E-state index contributed by atoms with van der Waals surface area (Å²) in [6.45, 7) is 1.39. The number of thioether (sulfide) groups is 1. The van der Waals surface area contributed by atoms with Gasteiger partial charge in [0.25, 0.3) is 6.08 Å². The van der Waals surface area contributed by atoms with Gasteiger partial charge >= 0.3 is 0 Å². The van der Waals surface area contributed by atoms with E-state index in [2.05, 4.69) is 12.2 Å². The molecule has 52 valence electrons. The van der Waals surface area contributed by atoms with Gasteiger partial charge in [0.15, 0.2) is 0 Å². The Bertz CT molecular complexity index is 127. The van der Waals surface area contributed by atoms with Crippen LogP contribution in [-0.4, -0.2) is 10.5 Å². The van der Waals surface area contributed by atoms with Gasteiger partial charge < -0.3 is 0 Å². The van der Waals surface area contributed by atoms with Gasteiger partial charge in [-0.15, -0.1) is 11.8 Å². The minimum Gasteiger partial charge on any atom is -0.173 e. The molecule has 0 atom stereocenters. The summed E-state index contributed by atoms with van der Waals surface area (Å²) in [6.07, 6.45) is -1.60. The van der Waals surface area contributed by atoms with Crippen LogP contribution in [0.15, 0.2) is 11.7 Å². The maximum absolute atomic E-state index is 11.6. The van der Waals surface area contributed by atoms with E-state index in [0.717, 1.165) is 0 Å². The predicted octanol–water partition coefficient (Wildman–Crippen LogP) is 2.85. The lowest BCUT2D eigenvalue weighted by Gasteiger charge is -1.91. The monoisotopic (exact) mass is 168 g/mol. The summed E-state index contributed by atoms with van der Waals surface area (Å²) in [5.74, 6) is 0.297. The van der Waals surface area contributed by atoms with E-state index in [1.165, 1.54) is 23.4 Å². The molecular formula is C5H6F2S2. The molecule has 0 aliphatic rings. The van der Waals surface area contributed by atoms with Crippen LogP contribution in [0.5, 0.6) is 0 Å². The number of hydrogen-bond acceptors (Lipinski definition) is 2. The van der Waals surface area contributed by atoms with E-state index >= 15 is 0 Å². The van der Waals surface area contributed by atoms with Crippen LogP contribution in [0, 0.1) is 0 Å². The fraction of sp³-hybridized carbons (Fsp3) is 0.400. The van der Waals surface area contributed by atoms with Crippen LogP contribution in [0.1, 0.15) is 6.92 Å². The molecule has 0 unspecified atom stereocenters. The molecule has 0 aliphatic heterocycles. The second-order valence-electron chi connectivity index (χ2n) is 1.45. The van der Waals surface area contributed by atoms with Crippen molar-refractivity contribution in [3.05, 3.63) is 11.7 Å². The Labute approximate surface area is 62.3 Å². The zero-order chi connectivity index (χ0) is 7.28. The third-order valence-corrected chi connectivity index (χ3v) is 1.83. The highest BCUT2D eigenvalue weighted by molar-refractivity contribution is 8.20. The van der Waals surface area contributed by atoms with Crippen molar-refractivity contribution >= 4 is 28.7 Å². The third-order valence-electron chi connectivity index (χ3n) is 0.690. The second-order valence-corrected chi connectivity index (χ2v) is 2.84. The Morgan fingerprint density at radius 2 is 2.22 bits per heavy atom. The van der Waals surface area contributed by atoms with Crippen molar-refractivity contribution in [3.8, 4) is 0 Å². The smallest absolute Gasteiger partial charge is 0.173 e. The lowest BCUT2D eigenvalue weighted by Crippen LogP contribution is -1.81. The second kappa shape index (κ2) is 4.88. The molecule has 0 saturated heterocycles. The van der Waals surface area contributed by atoms with Crippen LogP contribution in [0.3, 0.4) is 0 Å². The van der Waals surface area contributed by atoms with Crippen LogP contribution >= 0.6 is 24.0 Å². The Hall–Kier alpha value is 0.0400. The molecular weight excluding hydrogens is 162 g/mol. The molecule has 0 aromatic carbocycles. The van der Waals surface area contributed by atoms with Crippen LogP contribution in [0.25, 0.3) is 0 Å². The summed E-state index contributed by atoms with van der Waals surface area (Å²) in [5, 5.41) is 0. The average Bonchev–Trinajstić information content (AvgIpc) is 1.82. The van der Waals surface area contributed by atoms with Gasteiger partial charge in [0.1, 0.15) is 0 Å². The molecule has 9 heavy (non-hydrogen) atoms. The molecule has 0 bridgehead atoms. The first-order chi connectivity index (χ1) is 4.18. The molecule has 0 N–H and O–H groups in total. The van der Waals surface area contributed by atoms with Crippen molar-refractivity contribution in [1.29, 1.82) is 0 Å². The molecule has 0 fully saturated rings. The maximum Gasteiger partial charge on any atom is 0.270 e. The summed E-state index contributed by atoms with van der Waals surface area (Å²) in [5.41, 5.74) is 0.0982. The van der Waals surface area contributed by atoms with E-state index in [-0.39, 0.29) is 5.57 Å². The van der Waals surface area contributed by atoms with Gasteiger partial charge in [0.2, 0.25) is 0 Å². The summed E-state index contributed by atoms with van der Waals surface area (Å²) in [4.78, 5) is 0. The summed E-state index contributed by atoms with van der Waals surface area (Å²) in [6, 6.07) is 0. The predicted molar refractivity (Wildman–Crippen MR) is 41.0 cm³/mol. The van der Waals surface area contributed by atoms with Crippen LogP contribution in [0.4, 0.5) is 8.78 Å². The quantitative estimate of drug-likeness (QED) is 0.594. The molecule has 0 aliphatic carbocycles. The number of halogens is 2. The standard InChI is InChI=1S/C5H6F2S2/c1-4(5(6)7)2-9-3-8/h3H,2H2,1H3. The maximum atomic E-state index is 11.6. The van der Waals surface area contributed by atoms with Gasteiger partial charge in [-0.25, -0.2) is 0 Å². The molecule has 4 heteroatoms. The zero-order valence-electron chi connectivity index (χ0n) is 4.86. The zero-order valence-corrected chi connectivity index (χ0v) is 6.49. The molecule has 0 radical (unpaired) electrons. The van der Waals surface area contributed by atoms with Crippen LogP contribution in [0.2, 0.25) is 0 Å². The molecule has 0 amide bonds. The average molecular weight is 168 g/mol. The minimum atomic E-state index is -1.60. The first-order valence-electron chi connectivity index (χ1n) is 2.24. The Morgan fingerprint density at radius 3 is 2.56 bits per heavy atom. The van der Waals surface area contributed by atoms with Crippen LogP contribution in [-0.2, 0) is 0 Å². The van der Waals surface area contributed by atoms with Crippen molar-refractivity contribution in [1.82, 2.24) is 0 Å². The first-order valence-corrected chi connectivity index (χ1v) is 3.76. The molecule has 0 saturated carbocycles. The fourth-order valence-corrected chi connectivity index (χ4v) is 0.845. The number of thiocarbonyl (C=S) groups is 1. The van der Waals surface area contributed by atoms with Crippen molar-refractivity contribution in [3.63, 3.8) is 0 Å².